The highest BCUT2D eigenvalue weighted by Crippen LogP contribution is 2.27. The molecule has 1 rings (SSSR count). The van der Waals surface area contributed by atoms with Gasteiger partial charge in [0.1, 0.15) is 0 Å². The molecule has 0 atom stereocenters. The Balaban J connectivity index is 1.93. The molecule has 1 fully saturated rings. The van der Waals surface area contributed by atoms with E-state index >= 15 is 0 Å². The van der Waals surface area contributed by atoms with Crippen molar-refractivity contribution in [1.82, 2.24) is 5.32 Å². The Morgan fingerprint density at radius 3 is 2.25 bits per heavy atom. The molecule has 1 saturated carbocycles. The summed E-state index contributed by atoms with van der Waals surface area (Å²) in [6.45, 7) is 4.47. The third kappa shape index (κ3) is 5.86. The summed E-state index contributed by atoms with van der Waals surface area (Å²) in [6.07, 6.45) is 13.6. The van der Waals surface area contributed by atoms with E-state index in [2.05, 4.69) is 12.2 Å². The van der Waals surface area contributed by atoms with Gasteiger partial charge >= 0.3 is 0 Å². The molecular formula is C14H30N2. The van der Waals surface area contributed by atoms with Crippen molar-refractivity contribution in [2.24, 2.45) is 5.73 Å². The second kappa shape index (κ2) is 8.08. The van der Waals surface area contributed by atoms with Crippen molar-refractivity contribution in [2.45, 2.75) is 76.7 Å². The molecule has 0 aromatic rings. The zero-order valence-electron chi connectivity index (χ0n) is 11.1. The van der Waals surface area contributed by atoms with Crippen LogP contribution in [0.5, 0.6) is 0 Å². The highest BCUT2D eigenvalue weighted by Gasteiger charge is 2.25. The molecule has 1 aliphatic rings. The van der Waals surface area contributed by atoms with Crippen LogP contribution >= 0.6 is 0 Å². The summed E-state index contributed by atoms with van der Waals surface area (Å²) in [7, 11) is 0. The van der Waals surface area contributed by atoms with E-state index in [1.54, 1.807) is 0 Å². The lowest BCUT2D eigenvalue weighted by Gasteiger charge is -2.34. The van der Waals surface area contributed by atoms with Gasteiger partial charge in [0.25, 0.3) is 0 Å². The highest BCUT2D eigenvalue weighted by atomic mass is 15.0. The van der Waals surface area contributed by atoms with Crippen molar-refractivity contribution in [3.05, 3.63) is 0 Å². The van der Waals surface area contributed by atoms with E-state index in [1.165, 1.54) is 70.8 Å². The number of hydrogen-bond acceptors (Lipinski definition) is 2. The molecule has 2 nitrogen and oxygen atoms in total. The van der Waals surface area contributed by atoms with Gasteiger partial charge in [-0.1, -0.05) is 38.5 Å². The van der Waals surface area contributed by atoms with Crippen LogP contribution in [0.25, 0.3) is 0 Å². The molecule has 3 N–H and O–H groups in total. The van der Waals surface area contributed by atoms with Crippen LogP contribution in [0.1, 0.15) is 71.1 Å². The van der Waals surface area contributed by atoms with Gasteiger partial charge in [-0.05, 0) is 45.7 Å². The Bertz CT molecular complexity index is 162. The quantitative estimate of drug-likeness (QED) is 0.624. The molecule has 0 unspecified atom stereocenters. The lowest BCUT2D eigenvalue weighted by Crippen LogP contribution is -2.44. The zero-order valence-corrected chi connectivity index (χ0v) is 11.1. The minimum absolute atomic E-state index is 0.454. The summed E-state index contributed by atoms with van der Waals surface area (Å²) in [6, 6.07) is 0. The SMILES string of the molecule is CC1(NCCCCCCCN)CCCCC1. The maximum Gasteiger partial charge on any atom is 0.0153 e. The summed E-state index contributed by atoms with van der Waals surface area (Å²) in [5.41, 5.74) is 5.93. The molecule has 0 radical (unpaired) electrons. The molecule has 0 spiro atoms. The summed E-state index contributed by atoms with van der Waals surface area (Å²) < 4.78 is 0. The molecule has 96 valence electrons. The molecular weight excluding hydrogens is 196 g/mol. The molecule has 0 aromatic carbocycles. The van der Waals surface area contributed by atoms with Crippen LogP contribution in [0.3, 0.4) is 0 Å². The van der Waals surface area contributed by atoms with E-state index in [4.69, 9.17) is 5.73 Å². The van der Waals surface area contributed by atoms with Gasteiger partial charge in [0.2, 0.25) is 0 Å². The molecule has 0 amide bonds. The van der Waals surface area contributed by atoms with Crippen molar-refractivity contribution in [1.29, 1.82) is 0 Å². The molecule has 0 aliphatic heterocycles. The zero-order chi connectivity index (χ0) is 11.7. The average molecular weight is 226 g/mol. The van der Waals surface area contributed by atoms with E-state index in [0.29, 0.717) is 5.54 Å². The summed E-state index contributed by atoms with van der Waals surface area (Å²) >= 11 is 0. The third-order valence-corrected chi connectivity index (χ3v) is 3.89. The van der Waals surface area contributed by atoms with Crippen LogP contribution in [0.4, 0.5) is 0 Å². The van der Waals surface area contributed by atoms with E-state index in [0.717, 1.165) is 6.54 Å². The molecule has 0 aromatic heterocycles. The first-order valence-electron chi connectivity index (χ1n) is 7.22. The Hall–Kier alpha value is -0.0800. The first-order valence-corrected chi connectivity index (χ1v) is 7.22. The molecule has 0 bridgehead atoms. The van der Waals surface area contributed by atoms with Gasteiger partial charge < -0.3 is 11.1 Å². The van der Waals surface area contributed by atoms with Gasteiger partial charge in [0, 0.05) is 5.54 Å². The smallest absolute Gasteiger partial charge is 0.0153 e. The van der Waals surface area contributed by atoms with Gasteiger partial charge in [0.05, 0.1) is 0 Å². The van der Waals surface area contributed by atoms with Crippen LogP contribution < -0.4 is 11.1 Å². The average Bonchev–Trinajstić information content (AvgIpc) is 2.29. The fraction of sp³-hybridized carbons (Fsp3) is 1.00. The van der Waals surface area contributed by atoms with Crippen LogP contribution in [-0.4, -0.2) is 18.6 Å². The molecule has 0 saturated heterocycles. The van der Waals surface area contributed by atoms with Crippen LogP contribution in [0.2, 0.25) is 0 Å². The van der Waals surface area contributed by atoms with Crippen molar-refractivity contribution in [3.8, 4) is 0 Å². The van der Waals surface area contributed by atoms with Gasteiger partial charge in [-0.3, -0.25) is 0 Å². The van der Waals surface area contributed by atoms with Crippen LogP contribution in [-0.2, 0) is 0 Å². The Morgan fingerprint density at radius 2 is 1.56 bits per heavy atom. The molecule has 0 heterocycles. The first-order chi connectivity index (χ1) is 7.77. The Kier molecular flexibility index (Phi) is 7.06. The standard InChI is InChI=1S/C14H30N2/c1-14(10-6-5-7-11-14)16-13-9-4-2-3-8-12-15/h16H,2-13,15H2,1H3. The minimum Gasteiger partial charge on any atom is -0.330 e. The number of rotatable bonds is 8. The number of nitrogens with one attached hydrogen (secondary N) is 1. The van der Waals surface area contributed by atoms with Crippen molar-refractivity contribution < 1.29 is 0 Å². The van der Waals surface area contributed by atoms with Crippen molar-refractivity contribution in [3.63, 3.8) is 0 Å². The van der Waals surface area contributed by atoms with Gasteiger partial charge in [-0.2, -0.15) is 0 Å². The van der Waals surface area contributed by atoms with Crippen LogP contribution in [0, 0.1) is 0 Å². The lowest BCUT2D eigenvalue weighted by atomic mass is 9.83. The Labute approximate surface area is 101 Å². The summed E-state index contributed by atoms with van der Waals surface area (Å²) in [5, 5.41) is 3.76. The fourth-order valence-corrected chi connectivity index (χ4v) is 2.70. The second-order valence-electron chi connectivity index (χ2n) is 5.60. The van der Waals surface area contributed by atoms with E-state index in [9.17, 15) is 0 Å². The number of unbranched alkanes of at least 4 members (excludes halogenated alkanes) is 4. The number of nitrogens with two attached hydrogens (primary N) is 1. The molecule has 1 aliphatic carbocycles. The van der Waals surface area contributed by atoms with E-state index in [-0.39, 0.29) is 0 Å². The predicted molar refractivity (Wildman–Crippen MR) is 71.6 cm³/mol. The monoisotopic (exact) mass is 226 g/mol. The van der Waals surface area contributed by atoms with Gasteiger partial charge in [-0.15, -0.1) is 0 Å². The topological polar surface area (TPSA) is 38.0 Å². The highest BCUT2D eigenvalue weighted by molar-refractivity contribution is 4.85. The Morgan fingerprint density at radius 1 is 0.938 bits per heavy atom. The second-order valence-corrected chi connectivity index (χ2v) is 5.60. The summed E-state index contributed by atoms with van der Waals surface area (Å²) in [5.74, 6) is 0. The summed E-state index contributed by atoms with van der Waals surface area (Å²) in [4.78, 5) is 0. The molecule has 16 heavy (non-hydrogen) atoms. The molecule has 2 heteroatoms. The van der Waals surface area contributed by atoms with Crippen molar-refractivity contribution >= 4 is 0 Å². The first kappa shape index (κ1) is 14.0. The maximum atomic E-state index is 5.47. The minimum atomic E-state index is 0.454. The van der Waals surface area contributed by atoms with Crippen LogP contribution in [0.15, 0.2) is 0 Å². The number of hydrogen-bond donors (Lipinski definition) is 2. The van der Waals surface area contributed by atoms with E-state index < -0.39 is 0 Å². The van der Waals surface area contributed by atoms with Gasteiger partial charge in [-0.25, -0.2) is 0 Å². The van der Waals surface area contributed by atoms with Crippen molar-refractivity contribution in [2.75, 3.05) is 13.1 Å². The fourth-order valence-electron chi connectivity index (χ4n) is 2.70. The van der Waals surface area contributed by atoms with E-state index in [1.807, 2.05) is 0 Å². The largest absolute Gasteiger partial charge is 0.330 e. The van der Waals surface area contributed by atoms with Gasteiger partial charge in [0.15, 0.2) is 0 Å². The lowest BCUT2D eigenvalue weighted by molar-refractivity contribution is 0.253. The third-order valence-electron chi connectivity index (χ3n) is 3.89. The predicted octanol–water partition coefficient (Wildman–Crippen LogP) is 3.21. The maximum absolute atomic E-state index is 5.47. The normalized spacial score (nSPS) is 19.9.